The van der Waals surface area contributed by atoms with E-state index in [4.69, 9.17) is 18.9 Å². The van der Waals surface area contributed by atoms with Crippen molar-refractivity contribution in [2.45, 2.75) is 6.92 Å². The predicted molar refractivity (Wildman–Crippen MR) is 96.1 cm³/mol. The van der Waals surface area contributed by atoms with Crippen LogP contribution >= 0.6 is 0 Å². The van der Waals surface area contributed by atoms with Crippen molar-refractivity contribution in [3.05, 3.63) is 48.0 Å². The van der Waals surface area contributed by atoms with Crippen LogP contribution in [0.2, 0.25) is 0 Å². The minimum absolute atomic E-state index is 0.334. The number of hydrogen-bond donors (Lipinski definition) is 1. The molecule has 2 aromatic rings. The van der Waals surface area contributed by atoms with Crippen LogP contribution in [-0.2, 0) is 9.53 Å². The summed E-state index contributed by atoms with van der Waals surface area (Å²) in [7, 11) is 3.01. The molecule has 0 fully saturated rings. The van der Waals surface area contributed by atoms with Crippen LogP contribution < -0.4 is 19.5 Å². The third-order valence-electron chi connectivity index (χ3n) is 3.42. The fourth-order valence-electron chi connectivity index (χ4n) is 2.17. The number of carbonyl (C=O) groups excluding carboxylic acids is 2. The Balaban J connectivity index is 1.93. The van der Waals surface area contributed by atoms with Gasteiger partial charge in [-0.15, -0.1) is 0 Å². The third kappa shape index (κ3) is 5.14. The molecule has 0 atom stereocenters. The Labute approximate surface area is 151 Å². The molecule has 0 aliphatic heterocycles. The molecule has 0 aromatic heterocycles. The molecule has 0 saturated heterocycles. The zero-order valence-electron chi connectivity index (χ0n) is 14.9. The van der Waals surface area contributed by atoms with Crippen LogP contribution in [0.5, 0.6) is 17.2 Å². The summed E-state index contributed by atoms with van der Waals surface area (Å²) in [6.45, 7) is 1.99. The summed E-state index contributed by atoms with van der Waals surface area (Å²) >= 11 is 0. The van der Waals surface area contributed by atoms with Crippen LogP contribution in [0, 0.1) is 0 Å². The minimum Gasteiger partial charge on any atom is -0.497 e. The highest BCUT2D eigenvalue weighted by Gasteiger charge is 2.13. The highest BCUT2D eigenvalue weighted by atomic mass is 16.5. The Bertz CT molecular complexity index is 757. The van der Waals surface area contributed by atoms with Gasteiger partial charge in [0.05, 0.1) is 32.1 Å². The lowest BCUT2D eigenvalue weighted by molar-refractivity contribution is -0.119. The topological polar surface area (TPSA) is 83.1 Å². The normalized spacial score (nSPS) is 9.96. The summed E-state index contributed by atoms with van der Waals surface area (Å²) in [6.07, 6.45) is 0. The maximum atomic E-state index is 12.1. The van der Waals surface area contributed by atoms with Crippen LogP contribution in [0.15, 0.2) is 42.5 Å². The zero-order valence-corrected chi connectivity index (χ0v) is 14.9. The number of hydrogen-bond acceptors (Lipinski definition) is 6. The first-order valence-electron chi connectivity index (χ1n) is 7.99. The summed E-state index contributed by atoms with van der Waals surface area (Å²) in [5.41, 5.74) is 0.759. The number of nitrogens with one attached hydrogen (secondary N) is 1. The number of ether oxygens (including phenoxy) is 4. The second-order valence-corrected chi connectivity index (χ2v) is 5.15. The Morgan fingerprint density at radius 1 is 0.962 bits per heavy atom. The van der Waals surface area contributed by atoms with Gasteiger partial charge in [0.15, 0.2) is 6.61 Å². The molecule has 7 nitrogen and oxygen atoms in total. The third-order valence-corrected chi connectivity index (χ3v) is 3.42. The van der Waals surface area contributed by atoms with Gasteiger partial charge in [0.25, 0.3) is 5.91 Å². The van der Waals surface area contributed by atoms with Crippen molar-refractivity contribution in [2.24, 2.45) is 0 Å². The van der Waals surface area contributed by atoms with Crippen LogP contribution in [0.1, 0.15) is 17.3 Å². The maximum Gasteiger partial charge on any atom is 0.338 e. The van der Waals surface area contributed by atoms with E-state index < -0.39 is 18.5 Å². The highest BCUT2D eigenvalue weighted by Crippen LogP contribution is 2.28. The molecular weight excluding hydrogens is 338 g/mol. The molecule has 0 radical (unpaired) electrons. The Hall–Kier alpha value is -3.22. The molecule has 1 amide bonds. The van der Waals surface area contributed by atoms with Crippen LogP contribution in [0.3, 0.4) is 0 Å². The number of methoxy groups -OCH3 is 2. The minimum atomic E-state index is -0.596. The number of amides is 1. The van der Waals surface area contributed by atoms with E-state index in [0.29, 0.717) is 35.1 Å². The number of benzene rings is 2. The standard InChI is InChI=1S/C19H21NO6/c1-4-25-14-7-5-13(6-8-14)19(22)26-12-18(21)20-16-11-15(23-2)9-10-17(16)24-3/h5-11H,4,12H2,1-3H3,(H,20,21). The van der Waals surface area contributed by atoms with E-state index >= 15 is 0 Å². The van der Waals surface area contributed by atoms with Crippen LogP contribution in [0.25, 0.3) is 0 Å². The van der Waals surface area contributed by atoms with Gasteiger partial charge in [-0.2, -0.15) is 0 Å². The molecule has 0 spiro atoms. The van der Waals surface area contributed by atoms with Gasteiger partial charge in [0, 0.05) is 6.07 Å². The van der Waals surface area contributed by atoms with Crippen molar-refractivity contribution < 1.29 is 28.5 Å². The second kappa shape index (κ2) is 9.31. The van der Waals surface area contributed by atoms with Gasteiger partial charge in [0.2, 0.25) is 0 Å². The highest BCUT2D eigenvalue weighted by molar-refractivity contribution is 5.96. The van der Waals surface area contributed by atoms with Gasteiger partial charge in [-0.1, -0.05) is 0 Å². The van der Waals surface area contributed by atoms with Gasteiger partial charge in [-0.05, 0) is 43.3 Å². The Morgan fingerprint density at radius 3 is 2.27 bits per heavy atom. The summed E-state index contributed by atoms with van der Waals surface area (Å²) < 4.78 is 20.6. The fraction of sp³-hybridized carbons (Fsp3) is 0.263. The fourth-order valence-corrected chi connectivity index (χ4v) is 2.17. The maximum absolute atomic E-state index is 12.1. The van der Waals surface area contributed by atoms with Crippen molar-refractivity contribution in [3.8, 4) is 17.2 Å². The summed E-state index contributed by atoms with van der Waals surface area (Å²) in [6, 6.07) is 11.5. The first-order chi connectivity index (χ1) is 12.6. The van der Waals surface area contributed by atoms with E-state index in [-0.39, 0.29) is 0 Å². The van der Waals surface area contributed by atoms with Crippen LogP contribution in [0.4, 0.5) is 5.69 Å². The van der Waals surface area contributed by atoms with E-state index in [1.54, 1.807) is 42.5 Å². The van der Waals surface area contributed by atoms with Crippen molar-refractivity contribution in [1.82, 2.24) is 0 Å². The molecule has 2 rings (SSSR count). The van der Waals surface area contributed by atoms with Gasteiger partial charge >= 0.3 is 5.97 Å². The molecule has 1 N–H and O–H groups in total. The number of esters is 1. The molecule has 0 aliphatic carbocycles. The lowest BCUT2D eigenvalue weighted by Gasteiger charge is -2.12. The Kier molecular flexibility index (Phi) is 6.84. The number of rotatable bonds is 8. The average Bonchev–Trinajstić information content (AvgIpc) is 2.67. The van der Waals surface area contributed by atoms with Gasteiger partial charge < -0.3 is 24.3 Å². The van der Waals surface area contributed by atoms with Crippen molar-refractivity contribution in [1.29, 1.82) is 0 Å². The molecule has 138 valence electrons. The molecule has 0 aliphatic rings. The average molecular weight is 359 g/mol. The number of anilines is 1. The van der Waals surface area contributed by atoms with Crippen molar-refractivity contribution in [2.75, 3.05) is 32.8 Å². The molecule has 0 saturated carbocycles. The summed E-state index contributed by atoms with van der Waals surface area (Å²) in [5, 5.41) is 2.63. The van der Waals surface area contributed by atoms with E-state index in [1.165, 1.54) is 14.2 Å². The molecule has 0 bridgehead atoms. The van der Waals surface area contributed by atoms with Gasteiger partial charge in [-0.3, -0.25) is 4.79 Å². The molecule has 0 unspecified atom stereocenters. The molecule has 7 heteroatoms. The van der Waals surface area contributed by atoms with Crippen LogP contribution in [-0.4, -0.2) is 39.3 Å². The first kappa shape index (κ1) is 19.1. The van der Waals surface area contributed by atoms with E-state index in [9.17, 15) is 9.59 Å². The van der Waals surface area contributed by atoms with Gasteiger partial charge in [-0.25, -0.2) is 4.79 Å². The molecule has 0 heterocycles. The molecule has 26 heavy (non-hydrogen) atoms. The quantitative estimate of drug-likeness (QED) is 0.730. The lowest BCUT2D eigenvalue weighted by atomic mass is 10.2. The largest absolute Gasteiger partial charge is 0.497 e. The molecule has 2 aromatic carbocycles. The summed E-state index contributed by atoms with van der Waals surface area (Å²) in [4.78, 5) is 24.1. The van der Waals surface area contributed by atoms with E-state index in [2.05, 4.69) is 5.32 Å². The summed E-state index contributed by atoms with van der Waals surface area (Å²) in [5.74, 6) is 0.605. The zero-order chi connectivity index (χ0) is 18.9. The van der Waals surface area contributed by atoms with Gasteiger partial charge in [0.1, 0.15) is 17.2 Å². The van der Waals surface area contributed by atoms with Crippen molar-refractivity contribution in [3.63, 3.8) is 0 Å². The van der Waals surface area contributed by atoms with E-state index in [0.717, 1.165) is 0 Å². The monoisotopic (exact) mass is 359 g/mol. The second-order valence-electron chi connectivity index (χ2n) is 5.15. The van der Waals surface area contributed by atoms with Crippen molar-refractivity contribution >= 4 is 17.6 Å². The van der Waals surface area contributed by atoms with E-state index in [1.807, 2.05) is 6.92 Å². The predicted octanol–water partition coefficient (Wildman–Crippen LogP) is 2.90. The Morgan fingerprint density at radius 2 is 1.65 bits per heavy atom. The molecular formula is C19H21NO6. The smallest absolute Gasteiger partial charge is 0.338 e. The number of carbonyl (C=O) groups is 2. The first-order valence-corrected chi connectivity index (χ1v) is 7.99. The SMILES string of the molecule is CCOc1ccc(C(=O)OCC(=O)Nc2cc(OC)ccc2OC)cc1. The lowest BCUT2D eigenvalue weighted by Crippen LogP contribution is -2.21.